The van der Waals surface area contributed by atoms with Crippen LogP contribution in [-0.4, -0.2) is 44.1 Å². The third-order valence-electron chi connectivity index (χ3n) is 7.39. The van der Waals surface area contributed by atoms with Crippen LogP contribution in [0.4, 0.5) is 0 Å². The molecule has 1 aliphatic rings. The molecular weight excluding hydrogens is 464 g/mol. The van der Waals surface area contributed by atoms with Gasteiger partial charge in [-0.05, 0) is 48.5 Å². The SMILES string of the molecule is CC(/C=C\[C@@H](C)C(C)O[Si](c1ccccc1)(c1ccccc1)C(C)(C)C)C1OC(C)(C)OC1CCO. The fourth-order valence-corrected chi connectivity index (χ4v) is 10.1. The zero-order valence-electron chi connectivity index (χ0n) is 23.4. The van der Waals surface area contributed by atoms with Gasteiger partial charge >= 0.3 is 0 Å². The molecule has 0 aromatic heterocycles. The summed E-state index contributed by atoms with van der Waals surface area (Å²) in [6.45, 7) is 17.5. The van der Waals surface area contributed by atoms with Crippen LogP contribution in [0.2, 0.25) is 5.04 Å². The predicted molar refractivity (Wildman–Crippen MR) is 151 cm³/mol. The van der Waals surface area contributed by atoms with E-state index in [1.807, 2.05) is 13.8 Å². The fraction of sp³-hybridized carbons (Fsp3) is 0.548. The van der Waals surface area contributed by atoms with Crippen LogP contribution in [0, 0.1) is 11.8 Å². The molecule has 0 radical (unpaired) electrons. The van der Waals surface area contributed by atoms with E-state index in [0.29, 0.717) is 6.42 Å². The van der Waals surface area contributed by atoms with E-state index in [1.54, 1.807) is 0 Å². The molecule has 1 fully saturated rings. The van der Waals surface area contributed by atoms with E-state index >= 15 is 0 Å². The third kappa shape index (κ3) is 6.38. The molecule has 0 bridgehead atoms. The zero-order valence-corrected chi connectivity index (χ0v) is 24.4. The molecule has 4 unspecified atom stereocenters. The molecule has 0 spiro atoms. The molecule has 36 heavy (non-hydrogen) atoms. The van der Waals surface area contributed by atoms with Crippen molar-refractivity contribution in [3.05, 3.63) is 72.8 Å². The number of hydrogen-bond donors (Lipinski definition) is 1. The second-order valence-electron chi connectivity index (χ2n) is 11.7. The van der Waals surface area contributed by atoms with Gasteiger partial charge in [-0.3, -0.25) is 0 Å². The van der Waals surface area contributed by atoms with Gasteiger partial charge in [-0.25, -0.2) is 0 Å². The molecule has 3 rings (SSSR count). The van der Waals surface area contributed by atoms with Gasteiger partial charge in [0.05, 0.1) is 12.2 Å². The molecule has 0 saturated carbocycles. The minimum Gasteiger partial charge on any atom is -0.404 e. The van der Waals surface area contributed by atoms with E-state index in [-0.39, 0.29) is 41.8 Å². The molecule has 1 heterocycles. The van der Waals surface area contributed by atoms with Crippen LogP contribution < -0.4 is 10.4 Å². The standard InChI is InChI=1S/C31H46O4Si/c1-23(19-20-24(2)29-28(21-22-32)33-31(7,8)34-29)25(3)35-36(30(4,5)6,26-15-11-9-12-16-26)27-17-13-10-14-18-27/h9-20,23-25,28-29,32H,21-22H2,1-8H3/b20-19-/t23-,24?,25?,28?,29?/m1/s1. The van der Waals surface area contributed by atoms with Crippen molar-refractivity contribution in [2.24, 2.45) is 11.8 Å². The molecule has 1 aliphatic heterocycles. The molecule has 5 atom stereocenters. The molecule has 2 aromatic rings. The highest BCUT2D eigenvalue weighted by Gasteiger charge is 2.51. The molecule has 198 valence electrons. The maximum atomic E-state index is 9.48. The number of aliphatic hydroxyl groups is 1. The second kappa shape index (κ2) is 11.7. The molecule has 2 aromatic carbocycles. The summed E-state index contributed by atoms with van der Waals surface area (Å²) >= 11 is 0. The lowest BCUT2D eigenvalue weighted by Gasteiger charge is -2.45. The molecule has 1 saturated heterocycles. The van der Waals surface area contributed by atoms with Crippen molar-refractivity contribution in [2.75, 3.05) is 6.61 Å². The van der Waals surface area contributed by atoms with Crippen LogP contribution in [0.1, 0.15) is 61.8 Å². The maximum absolute atomic E-state index is 9.48. The lowest BCUT2D eigenvalue weighted by atomic mass is 9.95. The first kappa shape index (κ1) is 28.8. The van der Waals surface area contributed by atoms with Crippen LogP contribution in [-0.2, 0) is 13.9 Å². The van der Waals surface area contributed by atoms with Crippen LogP contribution in [0.15, 0.2) is 72.8 Å². The highest BCUT2D eigenvalue weighted by atomic mass is 28.4. The maximum Gasteiger partial charge on any atom is 0.261 e. The van der Waals surface area contributed by atoms with E-state index in [0.717, 1.165) is 0 Å². The van der Waals surface area contributed by atoms with Gasteiger partial charge in [-0.2, -0.15) is 0 Å². The first-order valence-electron chi connectivity index (χ1n) is 13.3. The van der Waals surface area contributed by atoms with Crippen LogP contribution in [0.3, 0.4) is 0 Å². The first-order chi connectivity index (χ1) is 16.9. The molecule has 4 nitrogen and oxygen atoms in total. The van der Waals surface area contributed by atoms with Crippen molar-refractivity contribution in [1.82, 2.24) is 0 Å². The summed E-state index contributed by atoms with van der Waals surface area (Å²) in [5.41, 5.74) is 0. The summed E-state index contributed by atoms with van der Waals surface area (Å²) < 4.78 is 19.5. The number of rotatable bonds is 10. The number of ether oxygens (including phenoxy) is 2. The van der Waals surface area contributed by atoms with Crippen molar-refractivity contribution in [2.45, 2.75) is 90.9 Å². The van der Waals surface area contributed by atoms with Crippen molar-refractivity contribution in [3.63, 3.8) is 0 Å². The van der Waals surface area contributed by atoms with Crippen molar-refractivity contribution in [1.29, 1.82) is 0 Å². The Bertz CT molecular complexity index is 928. The van der Waals surface area contributed by atoms with Crippen LogP contribution in [0.25, 0.3) is 0 Å². The smallest absolute Gasteiger partial charge is 0.261 e. The highest BCUT2D eigenvalue weighted by molar-refractivity contribution is 6.99. The number of benzene rings is 2. The lowest BCUT2D eigenvalue weighted by molar-refractivity contribution is -0.149. The van der Waals surface area contributed by atoms with Gasteiger partial charge < -0.3 is 19.0 Å². The summed E-state index contributed by atoms with van der Waals surface area (Å²) in [5.74, 6) is -0.260. The lowest BCUT2D eigenvalue weighted by Crippen LogP contribution is -2.67. The van der Waals surface area contributed by atoms with Gasteiger partial charge in [0.1, 0.15) is 0 Å². The fourth-order valence-electron chi connectivity index (χ4n) is 5.35. The Balaban J connectivity index is 1.86. The van der Waals surface area contributed by atoms with Gasteiger partial charge in [-0.1, -0.05) is 107 Å². The largest absolute Gasteiger partial charge is 0.404 e. The van der Waals surface area contributed by atoms with Crippen LogP contribution >= 0.6 is 0 Å². The second-order valence-corrected chi connectivity index (χ2v) is 16.0. The van der Waals surface area contributed by atoms with Crippen molar-refractivity contribution < 1.29 is 19.0 Å². The molecule has 5 heteroatoms. The van der Waals surface area contributed by atoms with Crippen LogP contribution in [0.5, 0.6) is 0 Å². The minimum absolute atomic E-state index is 0.0187. The van der Waals surface area contributed by atoms with E-state index in [4.69, 9.17) is 13.9 Å². The Morgan fingerprint density at radius 2 is 1.44 bits per heavy atom. The Hall–Kier alpha value is -1.76. The average molecular weight is 511 g/mol. The summed E-state index contributed by atoms with van der Waals surface area (Å²) in [5, 5.41) is 12.0. The van der Waals surface area contributed by atoms with Gasteiger partial charge in [0.2, 0.25) is 0 Å². The molecule has 0 amide bonds. The third-order valence-corrected chi connectivity index (χ3v) is 12.5. The van der Waals surface area contributed by atoms with Gasteiger partial charge in [0.25, 0.3) is 8.32 Å². The van der Waals surface area contributed by atoms with Gasteiger partial charge in [-0.15, -0.1) is 0 Å². The molecule has 1 N–H and O–H groups in total. The summed E-state index contributed by atoms with van der Waals surface area (Å²) in [7, 11) is -2.60. The highest BCUT2D eigenvalue weighted by Crippen LogP contribution is 2.38. The Kier molecular flexibility index (Phi) is 9.39. The van der Waals surface area contributed by atoms with Crippen molar-refractivity contribution >= 4 is 18.7 Å². The monoisotopic (exact) mass is 510 g/mol. The Morgan fingerprint density at radius 3 is 1.92 bits per heavy atom. The quantitative estimate of drug-likeness (QED) is 0.330. The topological polar surface area (TPSA) is 47.9 Å². The summed E-state index contributed by atoms with van der Waals surface area (Å²) in [6.07, 6.45) is 4.90. The van der Waals surface area contributed by atoms with Crippen molar-refractivity contribution in [3.8, 4) is 0 Å². The first-order valence-corrected chi connectivity index (χ1v) is 15.3. The molecular formula is C31H46O4Si. The van der Waals surface area contributed by atoms with Gasteiger partial charge in [0.15, 0.2) is 5.79 Å². The number of aliphatic hydroxyl groups excluding tert-OH is 1. The summed E-state index contributed by atoms with van der Waals surface area (Å²) in [6, 6.07) is 21.6. The molecule has 0 aliphatic carbocycles. The van der Waals surface area contributed by atoms with E-state index < -0.39 is 14.1 Å². The van der Waals surface area contributed by atoms with E-state index in [9.17, 15) is 5.11 Å². The normalized spacial score (nSPS) is 23.0. The van der Waals surface area contributed by atoms with Gasteiger partial charge in [0, 0.05) is 18.6 Å². The Morgan fingerprint density at radius 1 is 0.917 bits per heavy atom. The number of hydrogen-bond acceptors (Lipinski definition) is 4. The Labute approximate surface area is 219 Å². The summed E-state index contributed by atoms with van der Waals surface area (Å²) in [4.78, 5) is 0. The zero-order chi connectivity index (χ0) is 26.6. The van der Waals surface area contributed by atoms with E-state index in [2.05, 4.69) is 114 Å². The average Bonchev–Trinajstić information content (AvgIpc) is 3.15. The minimum atomic E-state index is -2.60. The predicted octanol–water partition coefficient (Wildman–Crippen LogP) is 5.68. The van der Waals surface area contributed by atoms with E-state index in [1.165, 1.54) is 10.4 Å².